The molecule has 0 spiro atoms. The van der Waals surface area contributed by atoms with Crippen LogP contribution in [0, 0.1) is 5.41 Å². The predicted octanol–water partition coefficient (Wildman–Crippen LogP) is 2.84. The van der Waals surface area contributed by atoms with Crippen molar-refractivity contribution in [3.05, 3.63) is 36.3 Å². The van der Waals surface area contributed by atoms with Gasteiger partial charge >= 0.3 is 0 Å². The SMILES string of the molecule is CC1(C)C=CC(O)(c2ccco2)CC1. The summed E-state index contributed by atoms with van der Waals surface area (Å²) in [7, 11) is 0. The molecule has 0 aromatic carbocycles. The van der Waals surface area contributed by atoms with Crippen molar-refractivity contribution in [2.75, 3.05) is 0 Å². The third-order valence-electron chi connectivity index (χ3n) is 2.91. The van der Waals surface area contributed by atoms with E-state index in [1.165, 1.54) is 0 Å². The normalized spacial score (nSPS) is 30.5. The summed E-state index contributed by atoms with van der Waals surface area (Å²) in [5, 5.41) is 10.3. The molecule has 76 valence electrons. The maximum atomic E-state index is 10.3. The molecular weight excluding hydrogens is 176 g/mol. The standard InChI is InChI=1S/C12H16O2/c1-11(2)5-7-12(13,8-6-11)10-4-3-9-14-10/h3-5,7,9,13H,6,8H2,1-2H3. The minimum absolute atomic E-state index is 0.193. The molecule has 1 aliphatic carbocycles. The molecular formula is C12H16O2. The van der Waals surface area contributed by atoms with Crippen molar-refractivity contribution in [3.8, 4) is 0 Å². The molecule has 1 aromatic heterocycles. The van der Waals surface area contributed by atoms with Crippen molar-refractivity contribution < 1.29 is 9.52 Å². The summed E-state index contributed by atoms with van der Waals surface area (Å²) in [6, 6.07) is 3.63. The maximum absolute atomic E-state index is 10.3. The van der Waals surface area contributed by atoms with E-state index in [4.69, 9.17) is 4.42 Å². The van der Waals surface area contributed by atoms with Crippen LogP contribution < -0.4 is 0 Å². The second kappa shape index (κ2) is 2.99. The van der Waals surface area contributed by atoms with E-state index >= 15 is 0 Å². The van der Waals surface area contributed by atoms with Gasteiger partial charge in [0.25, 0.3) is 0 Å². The van der Waals surface area contributed by atoms with Gasteiger partial charge < -0.3 is 9.52 Å². The summed E-state index contributed by atoms with van der Waals surface area (Å²) < 4.78 is 5.24. The molecule has 1 aromatic rings. The number of allylic oxidation sites excluding steroid dienone is 1. The van der Waals surface area contributed by atoms with Gasteiger partial charge in [-0.2, -0.15) is 0 Å². The lowest BCUT2D eigenvalue weighted by Gasteiger charge is -2.33. The molecule has 0 aliphatic heterocycles. The Kier molecular flexibility index (Phi) is 2.04. The second-order valence-corrected chi connectivity index (χ2v) is 4.72. The van der Waals surface area contributed by atoms with E-state index in [0.29, 0.717) is 5.76 Å². The zero-order chi connectivity index (χ0) is 10.2. The van der Waals surface area contributed by atoms with Crippen molar-refractivity contribution in [2.45, 2.75) is 32.3 Å². The lowest BCUT2D eigenvalue weighted by molar-refractivity contribution is 0.0368. The van der Waals surface area contributed by atoms with E-state index < -0.39 is 5.60 Å². The van der Waals surface area contributed by atoms with Crippen molar-refractivity contribution in [3.63, 3.8) is 0 Å². The van der Waals surface area contributed by atoms with Crippen LogP contribution in [-0.2, 0) is 5.60 Å². The molecule has 2 rings (SSSR count). The Morgan fingerprint density at radius 2 is 2.07 bits per heavy atom. The van der Waals surface area contributed by atoms with Crippen LogP contribution in [0.3, 0.4) is 0 Å². The fraction of sp³-hybridized carbons (Fsp3) is 0.500. The van der Waals surface area contributed by atoms with Gasteiger partial charge in [0.1, 0.15) is 11.4 Å². The Labute approximate surface area is 84.2 Å². The van der Waals surface area contributed by atoms with Gasteiger partial charge in [-0.25, -0.2) is 0 Å². The Morgan fingerprint density at radius 3 is 2.57 bits per heavy atom. The fourth-order valence-electron chi connectivity index (χ4n) is 1.77. The number of hydrogen-bond acceptors (Lipinski definition) is 2. The summed E-state index contributed by atoms with van der Waals surface area (Å²) in [6.07, 6.45) is 7.22. The highest BCUT2D eigenvalue weighted by Gasteiger charge is 2.35. The highest BCUT2D eigenvalue weighted by Crippen LogP contribution is 2.39. The van der Waals surface area contributed by atoms with E-state index in [1.807, 2.05) is 12.1 Å². The molecule has 1 heterocycles. The molecule has 1 unspecified atom stereocenters. The van der Waals surface area contributed by atoms with Crippen LogP contribution in [0.15, 0.2) is 35.0 Å². The smallest absolute Gasteiger partial charge is 0.140 e. The zero-order valence-electron chi connectivity index (χ0n) is 8.66. The molecule has 1 N–H and O–H groups in total. The van der Waals surface area contributed by atoms with Crippen molar-refractivity contribution >= 4 is 0 Å². The van der Waals surface area contributed by atoms with Gasteiger partial charge in [0.2, 0.25) is 0 Å². The van der Waals surface area contributed by atoms with Crippen LogP contribution in [-0.4, -0.2) is 5.11 Å². The zero-order valence-corrected chi connectivity index (χ0v) is 8.66. The lowest BCUT2D eigenvalue weighted by Crippen LogP contribution is -2.29. The molecule has 0 saturated heterocycles. The van der Waals surface area contributed by atoms with Gasteiger partial charge in [0, 0.05) is 0 Å². The number of furan rings is 1. The maximum Gasteiger partial charge on any atom is 0.140 e. The van der Waals surface area contributed by atoms with Gasteiger partial charge in [-0.3, -0.25) is 0 Å². The molecule has 2 nitrogen and oxygen atoms in total. The summed E-state index contributed by atoms with van der Waals surface area (Å²) in [5.74, 6) is 0.643. The fourth-order valence-corrected chi connectivity index (χ4v) is 1.77. The first-order valence-corrected chi connectivity index (χ1v) is 4.99. The quantitative estimate of drug-likeness (QED) is 0.694. The predicted molar refractivity (Wildman–Crippen MR) is 54.8 cm³/mol. The van der Waals surface area contributed by atoms with E-state index in [2.05, 4.69) is 19.9 Å². The lowest BCUT2D eigenvalue weighted by atomic mass is 9.76. The van der Waals surface area contributed by atoms with Gasteiger partial charge in [0.15, 0.2) is 0 Å². The summed E-state index contributed by atoms with van der Waals surface area (Å²) >= 11 is 0. The molecule has 0 amide bonds. The largest absolute Gasteiger partial charge is 0.466 e. The van der Waals surface area contributed by atoms with Crippen LogP contribution in [0.1, 0.15) is 32.4 Å². The molecule has 1 atom stereocenters. The molecule has 1 aliphatic rings. The van der Waals surface area contributed by atoms with Gasteiger partial charge in [-0.05, 0) is 36.5 Å². The van der Waals surface area contributed by atoms with Crippen molar-refractivity contribution in [2.24, 2.45) is 5.41 Å². The molecule has 2 heteroatoms. The van der Waals surface area contributed by atoms with E-state index in [1.54, 1.807) is 12.3 Å². The average molecular weight is 192 g/mol. The first kappa shape index (κ1) is 9.53. The van der Waals surface area contributed by atoms with Gasteiger partial charge in [-0.15, -0.1) is 0 Å². The highest BCUT2D eigenvalue weighted by atomic mass is 16.4. The van der Waals surface area contributed by atoms with Crippen molar-refractivity contribution in [1.82, 2.24) is 0 Å². The van der Waals surface area contributed by atoms with Crippen LogP contribution in [0.5, 0.6) is 0 Å². The molecule has 0 radical (unpaired) electrons. The third kappa shape index (κ3) is 1.62. The van der Waals surface area contributed by atoms with Crippen molar-refractivity contribution in [1.29, 1.82) is 0 Å². The minimum atomic E-state index is -0.890. The molecule has 0 fully saturated rings. The van der Waals surface area contributed by atoms with Crippen LogP contribution in [0.2, 0.25) is 0 Å². The summed E-state index contributed by atoms with van der Waals surface area (Å²) in [4.78, 5) is 0. The van der Waals surface area contributed by atoms with Crippen LogP contribution >= 0.6 is 0 Å². The number of aliphatic hydroxyl groups is 1. The van der Waals surface area contributed by atoms with E-state index in [9.17, 15) is 5.11 Å². The minimum Gasteiger partial charge on any atom is -0.466 e. The second-order valence-electron chi connectivity index (χ2n) is 4.72. The highest BCUT2D eigenvalue weighted by molar-refractivity contribution is 5.21. The Morgan fingerprint density at radius 1 is 1.29 bits per heavy atom. The Bertz CT molecular complexity index is 335. The van der Waals surface area contributed by atoms with Crippen LogP contribution in [0.4, 0.5) is 0 Å². The van der Waals surface area contributed by atoms with E-state index in [-0.39, 0.29) is 5.41 Å². The first-order valence-electron chi connectivity index (χ1n) is 4.99. The molecule has 0 bridgehead atoms. The first-order chi connectivity index (χ1) is 6.52. The third-order valence-corrected chi connectivity index (χ3v) is 2.91. The number of rotatable bonds is 1. The molecule has 0 saturated carbocycles. The van der Waals surface area contributed by atoms with E-state index in [0.717, 1.165) is 12.8 Å². The van der Waals surface area contributed by atoms with Crippen LogP contribution in [0.25, 0.3) is 0 Å². The average Bonchev–Trinajstić information content (AvgIpc) is 2.64. The van der Waals surface area contributed by atoms with Gasteiger partial charge in [0.05, 0.1) is 6.26 Å². The Balaban J connectivity index is 2.29. The summed E-state index contributed by atoms with van der Waals surface area (Å²) in [5.41, 5.74) is -0.697. The Hall–Kier alpha value is -1.02. The summed E-state index contributed by atoms with van der Waals surface area (Å²) in [6.45, 7) is 4.34. The van der Waals surface area contributed by atoms with Gasteiger partial charge in [-0.1, -0.05) is 19.9 Å². The molecule has 14 heavy (non-hydrogen) atoms. The monoisotopic (exact) mass is 192 g/mol. The topological polar surface area (TPSA) is 33.4 Å². The number of hydrogen-bond donors (Lipinski definition) is 1.